The van der Waals surface area contributed by atoms with Gasteiger partial charge in [0.05, 0.1) is 18.6 Å². The molecular weight excluding hydrogens is 292 g/mol. The number of nitro groups is 1. The zero-order valence-corrected chi connectivity index (χ0v) is 12.7. The molecule has 0 heterocycles. The van der Waals surface area contributed by atoms with Crippen molar-refractivity contribution in [1.29, 1.82) is 0 Å². The van der Waals surface area contributed by atoms with Gasteiger partial charge in [-0.25, -0.2) is 0 Å². The number of nitro benzene ring substituents is 1. The summed E-state index contributed by atoms with van der Waals surface area (Å²) in [7, 11) is 2.89. The zero-order chi connectivity index (χ0) is 16.5. The maximum atomic E-state index is 12.4. The molecule has 0 aromatic heterocycles. The summed E-state index contributed by atoms with van der Waals surface area (Å²) in [5.74, 6) is -0.287. The molecule has 0 unspecified atom stereocenters. The van der Waals surface area contributed by atoms with Gasteiger partial charge in [0.1, 0.15) is 0 Å². The van der Waals surface area contributed by atoms with Crippen molar-refractivity contribution in [2.24, 2.45) is 0 Å². The zero-order valence-electron chi connectivity index (χ0n) is 12.7. The number of aliphatic hydroxyl groups is 1. The van der Waals surface area contributed by atoms with Gasteiger partial charge < -0.3 is 19.5 Å². The average Bonchev–Trinajstić information content (AvgIpc) is 2.52. The van der Waals surface area contributed by atoms with Gasteiger partial charge in [0.2, 0.25) is 0 Å². The highest BCUT2D eigenvalue weighted by atomic mass is 16.6. The van der Waals surface area contributed by atoms with Gasteiger partial charge in [-0.1, -0.05) is 0 Å². The summed E-state index contributed by atoms with van der Waals surface area (Å²) in [4.78, 5) is 24.3. The van der Waals surface area contributed by atoms with Gasteiger partial charge in [0, 0.05) is 38.4 Å². The average molecular weight is 312 g/mol. The van der Waals surface area contributed by atoms with E-state index in [0.717, 1.165) is 0 Å². The van der Waals surface area contributed by atoms with E-state index in [-0.39, 0.29) is 36.1 Å². The first-order valence-corrected chi connectivity index (χ1v) is 6.76. The van der Waals surface area contributed by atoms with Gasteiger partial charge in [-0.15, -0.1) is 0 Å². The third-order valence-corrected chi connectivity index (χ3v) is 3.06. The molecule has 22 heavy (non-hydrogen) atoms. The molecule has 8 heteroatoms. The predicted molar refractivity (Wildman–Crippen MR) is 79.1 cm³/mol. The van der Waals surface area contributed by atoms with Crippen LogP contribution in [-0.2, 0) is 4.74 Å². The van der Waals surface area contributed by atoms with E-state index < -0.39 is 4.92 Å². The normalized spacial score (nSPS) is 10.3. The lowest BCUT2D eigenvalue weighted by molar-refractivity contribution is -0.385. The summed E-state index contributed by atoms with van der Waals surface area (Å²) in [6, 6.07) is 4.04. The first-order chi connectivity index (χ1) is 10.5. The molecule has 1 amide bonds. The molecule has 1 aromatic carbocycles. The Morgan fingerprint density at radius 2 is 2.09 bits per heavy atom. The van der Waals surface area contributed by atoms with Crippen molar-refractivity contribution < 1.29 is 24.3 Å². The van der Waals surface area contributed by atoms with Crippen LogP contribution in [0.3, 0.4) is 0 Å². The highest BCUT2D eigenvalue weighted by molar-refractivity contribution is 5.95. The van der Waals surface area contributed by atoms with Crippen LogP contribution >= 0.6 is 0 Å². The van der Waals surface area contributed by atoms with E-state index in [0.29, 0.717) is 19.6 Å². The van der Waals surface area contributed by atoms with Crippen molar-refractivity contribution in [3.8, 4) is 5.75 Å². The Kier molecular flexibility index (Phi) is 7.27. The molecule has 1 N–H and O–H groups in total. The van der Waals surface area contributed by atoms with Crippen LogP contribution in [0.2, 0.25) is 0 Å². The number of ether oxygens (including phenoxy) is 2. The Balaban J connectivity index is 2.97. The smallest absolute Gasteiger partial charge is 0.311 e. The molecule has 1 rings (SSSR count). The van der Waals surface area contributed by atoms with Crippen LogP contribution in [0.4, 0.5) is 5.69 Å². The molecule has 0 saturated heterocycles. The second-order valence-corrected chi connectivity index (χ2v) is 4.51. The van der Waals surface area contributed by atoms with Gasteiger partial charge in [-0.2, -0.15) is 0 Å². The van der Waals surface area contributed by atoms with Crippen molar-refractivity contribution in [2.45, 2.75) is 6.42 Å². The van der Waals surface area contributed by atoms with Crippen molar-refractivity contribution in [3.63, 3.8) is 0 Å². The molecule has 0 atom stereocenters. The molecule has 8 nitrogen and oxygen atoms in total. The van der Waals surface area contributed by atoms with E-state index >= 15 is 0 Å². The minimum absolute atomic E-state index is 0.0923. The van der Waals surface area contributed by atoms with E-state index in [1.165, 1.54) is 30.2 Å². The molecule has 0 aliphatic rings. The van der Waals surface area contributed by atoms with Gasteiger partial charge in [-0.3, -0.25) is 14.9 Å². The Morgan fingerprint density at radius 3 is 2.64 bits per heavy atom. The van der Waals surface area contributed by atoms with Crippen LogP contribution in [0.15, 0.2) is 18.2 Å². The van der Waals surface area contributed by atoms with E-state index in [2.05, 4.69) is 0 Å². The molecular formula is C14H20N2O6. The lowest BCUT2D eigenvalue weighted by Crippen LogP contribution is -2.35. The van der Waals surface area contributed by atoms with Crippen LogP contribution in [-0.4, -0.2) is 61.4 Å². The minimum Gasteiger partial charge on any atom is -0.490 e. The first-order valence-electron chi connectivity index (χ1n) is 6.76. The fourth-order valence-electron chi connectivity index (χ4n) is 1.98. The number of nitrogens with zero attached hydrogens (tertiary/aromatic N) is 2. The van der Waals surface area contributed by atoms with Crippen LogP contribution in [0.1, 0.15) is 16.8 Å². The van der Waals surface area contributed by atoms with Crippen molar-refractivity contribution in [1.82, 2.24) is 4.90 Å². The van der Waals surface area contributed by atoms with Crippen molar-refractivity contribution in [2.75, 3.05) is 40.5 Å². The number of benzene rings is 1. The largest absolute Gasteiger partial charge is 0.490 e. The lowest BCUT2D eigenvalue weighted by Gasteiger charge is -2.21. The van der Waals surface area contributed by atoms with Crippen molar-refractivity contribution in [3.05, 3.63) is 33.9 Å². The highest BCUT2D eigenvalue weighted by Gasteiger charge is 2.21. The van der Waals surface area contributed by atoms with Crippen molar-refractivity contribution >= 4 is 11.6 Å². The third kappa shape index (κ3) is 4.68. The van der Waals surface area contributed by atoms with Crippen LogP contribution in [0, 0.1) is 10.1 Å². The minimum atomic E-state index is -0.600. The monoisotopic (exact) mass is 312 g/mol. The number of carbonyl (C=O) groups excluding carboxylic acids is 1. The van der Waals surface area contributed by atoms with Crippen LogP contribution in [0.25, 0.3) is 0 Å². The quantitative estimate of drug-likeness (QED) is 0.416. The Bertz CT molecular complexity index is 520. The summed E-state index contributed by atoms with van der Waals surface area (Å²) < 4.78 is 9.84. The van der Waals surface area contributed by atoms with Gasteiger partial charge in [0.15, 0.2) is 5.75 Å². The second-order valence-electron chi connectivity index (χ2n) is 4.51. The highest BCUT2D eigenvalue weighted by Crippen LogP contribution is 2.28. The first kappa shape index (κ1) is 17.9. The molecule has 1 aromatic rings. The SMILES string of the molecule is COCCCN(CCO)C(=O)c1ccc(OC)c([N+](=O)[O-])c1. The van der Waals surface area contributed by atoms with E-state index in [9.17, 15) is 14.9 Å². The number of rotatable bonds is 9. The molecule has 0 radical (unpaired) electrons. The van der Waals surface area contributed by atoms with Crippen LogP contribution in [0.5, 0.6) is 5.75 Å². The van der Waals surface area contributed by atoms with Gasteiger partial charge >= 0.3 is 5.69 Å². The van der Waals surface area contributed by atoms with Crippen LogP contribution < -0.4 is 4.74 Å². The number of hydrogen-bond donors (Lipinski definition) is 1. The molecule has 0 bridgehead atoms. The number of hydrogen-bond acceptors (Lipinski definition) is 6. The van der Waals surface area contributed by atoms with Gasteiger partial charge in [0.25, 0.3) is 5.91 Å². The van der Waals surface area contributed by atoms with E-state index in [4.69, 9.17) is 14.6 Å². The standard InChI is InChI=1S/C14H20N2O6/c1-21-9-3-6-15(7-8-17)14(18)11-4-5-13(22-2)12(10-11)16(19)20/h4-5,10,17H,3,6-9H2,1-2H3. The Hall–Kier alpha value is -2.19. The fraction of sp³-hybridized carbons (Fsp3) is 0.500. The maximum absolute atomic E-state index is 12.4. The van der Waals surface area contributed by atoms with Gasteiger partial charge in [-0.05, 0) is 18.6 Å². The maximum Gasteiger partial charge on any atom is 0.311 e. The Morgan fingerprint density at radius 1 is 1.36 bits per heavy atom. The summed E-state index contributed by atoms with van der Waals surface area (Å²) in [6.07, 6.45) is 0.612. The number of carbonyl (C=O) groups is 1. The fourth-order valence-corrected chi connectivity index (χ4v) is 1.98. The number of amides is 1. The van der Waals surface area contributed by atoms with E-state index in [1.54, 1.807) is 7.11 Å². The number of aliphatic hydroxyl groups excluding tert-OH is 1. The summed E-state index contributed by atoms with van der Waals surface area (Å²) in [6.45, 7) is 0.852. The molecule has 0 aliphatic heterocycles. The summed E-state index contributed by atoms with van der Waals surface area (Å²) >= 11 is 0. The Labute approximate surface area is 128 Å². The second kappa shape index (κ2) is 8.96. The predicted octanol–water partition coefficient (Wildman–Crippen LogP) is 1.07. The molecule has 0 fully saturated rings. The molecule has 122 valence electrons. The van der Waals surface area contributed by atoms with E-state index in [1.807, 2.05) is 0 Å². The summed E-state index contributed by atoms with van der Waals surface area (Å²) in [5.41, 5.74) is -0.0902. The molecule has 0 aliphatic carbocycles. The molecule has 0 spiro atoms. The topological polar surface area (TPSA) is 102 Å². The lowest BCUT2D eigenvalue weighted by atomic mass is 10.1. The molecule has 0 saturated carbocycles. The third-order valence-electron chi connectivity index (χ3n) is 3.06. The summed E-state index contributed by atoms with van der Waals surface area (Å²) in [5, 5.41) is 20.1. The number of methoxy groups -OCH3 is 2.